The van der Waals surface area contributed by atoms with Gasteiger partial charge in [-0.2, -0.15) is 15.8 Å². The molecule has 1 heterocycles. The van der Waals surface area contributed by atoms with Crippen molar-refractivity contribution in [2.24, 2.45) is 0 Å². The predicted molar refractivity (Wildman–Crippen MR) is 63.8 cm³/mol. The summed E-state index contributed by atoms with van der Waals surface area (Å²) in [6.07, 6.45) is 4.55. The number of rotatable bonds is 2. The summed E-state index contributed by atoms with van der Waals surface area (Å²) in [5.41, 5.74) is 1.27. The van der Waals surface area contributed by atoms with Crippen molar-refractivity contribution in [3.63, 3.8) is 0 Å². The first kappa shape index (κ1) is 13.2. The van der Waals surface area contributed by atoms with E-state index in [4.69, 9.17) is 25.9 Å². The van der Waals surface area contributed by atoms with Crippen LogP contribution < -0.4 is 0 Å². The zero-order valence-corrected chi connectivity index (χ0v) is 9.34. The number of nitriles is 3. The molecule has 86 valence electrons. The van der Waals surface area contributed by atoms with E-state index in [1.165, 1.54) is 12.2 Å². The van der Waals surface area contributed by atoms with Gasteiger partial charge in [-0.15, -0.1) is 0 Å². The van der Waals surface area contributed by atoms with Crippen LogP contribution in [0.1, 0.15) is 0 Å². The number of allylic oxidation sites excluding steroid dienone is 3. The van der Waals surface area contributed by atoms with Gasteiger partial charge in [-0.25, -0.2) is 0 Å². The third-order valence-electron chi connectivity index (χ3n) is 2.05. The molecule has 0 unspecified atom stereocenters. The fourth-order valence-corrected chi connectivity index (χ4v) is 1.32. The molecule has 0 N–H and O–H groups in total. The molecule has 5 heteroatoms. The molecule has 0 amide bonds. The largest absolute Gasteiger partial charge is 0.762 e. The molecule has 18 heavy (non-hydrogen) atoms. The van der Waals surface area contributed by atoms with Crippen LogP contribution >= 0.6 is 0 Å². The summed E-state index contributed by atoms with van der Waals surface area (Å²) >= 11 is 0. The van der Waals surface area contributed by atoms with E-state index in [0.29, 0.717) is 24.4 Å². The topological polar surface area (TPSA) is 103 Å². The van der Waals surface area contributed by atoms with E-state index in [2.05, 4.69) is 0 Å². The first-order valence-corrected chi connectivity index (χ1v) is 4.91. The highest BCUT2D eigenvalue weighted by Crippen LogP contribution is 2.15. The summed E-state index contributed by atoms with van der Waals surface area (Å²) in [6, 6.07) is 5.25. The summed E-state index contributed by atoms with van der Waals surface area (Å²) < 4.78 is 5.24. The van der Waals surface area contributed by atoms with Gasteiger partial charge in [0.2, 0.25) is 0 Å². The van der Waals surface area contributed by atoms with E-state index in [1.807, 2.05) is 0 Å². The highest BCUT2D eigenvalue weighted by atomic mass is 16.5. The first-order valence-electron chi connectivity index (χ1n) is 4.91. The number of ether oxygens (including phenoxy) is 1. The summed E-state index contributed by atoms with van der Waals surface area (Å²) in [5.74, 6) is 1.75. The highest BCUT2D eigenvalue weighted by Gasteiger charge is 2.07. The van der Waals surface area contributed by atoms with Crippen LogP contribution in [0.5, 0.6) is 0 Å². The predicted octanol–water partition coefficient (Wildman–Crippen LogP) is 1.53. The molecular weight excluding hydrogens is 228 g/mol. The molecule has 0 radical (unpaired) electrons. The monoisotopic (exact) mass is 235 g/mol. The Morgan fingerprint density at radius 2 is 1.94 bits per heavy atom. The Morgan fingerprint density at radius 3 is 2.50 bits per heavy atom. The molecule has 0 aromatic rings. The SMILES string of the molecule is N#CC(=C=[N-])/C=C1/C=C(C=C(C#N)C#N)COC1. The minimum absolute atomic E-state index is 0.0177. The van der Waals surface area contributed by atoms with Gasteiger partial charge in [0.25, 0.3) is 0 Å². The molecule has 0 saturated carbocycles. The number of hydrogen-bond donors (Lipinski definition) is 0. The zero-order chi connectivity index (χ0) is 13.4. The summed E-state index contributed by atoms with van der Waals surface area (Å²) in [6.45, 7) is 0.581. The van der Waals surface area contributed by atoms with Crippen molar-refractivity contribution >= 4 is 5.87 Å². The van der Waals surface area contributed by atoms with Gasteiger partial charge >= 0.3 is 0 Å². The minimum atomic E-state index is -0.0177. The smallest absolute Gasteiger partial charge is 0.130 e. The third-order valence-corrected chi connectivity index (χ3v) is 2.05. The molecule has 1 rings (SSSR count). The van der Waals surface area contributed by atoms with Gasteiger partial charge in [0.15, 0.2) is 0 Å². The molecule has 0 aromatic heterocycles. The van der Waals surface area contributed by atoms with Gasteiger partial charge in [-0.3, -0.25) is 5.87 Å². The quantitative estimate of drug-likeness (QED) is 0.534. The molecule has 5 nitrogen and oxygen atoms in total. The maximum atomic E-state index is 8.63. The Balaban J connectivity index is 3.06. The second-order valence-electron chi connectivity index (χ2n) is 3.35. The molecular formula is C13H7N4O-. The Hall–Kier alpha value is -2.90. The highest BCUT2D eigenvalue weighted by molar-refractivity contribution is 5.70. The van der Waals surface area contributed by atoms with Crippen molar-refractivity contribution in [3.05, 3.63) is 45.9 Å². The van der Waals surface area contributed by atoms with Crippen molar-refractivity contribution in [1.29, 1.82) is 15.8 Å². The fourth-order valence-electron chi connectivity index (χ4n) is 1.32. The molecule has 0 aliphatic carbocycles. The lowest BCUT2D eigenvalue weighted by molar-refractivity contribution is 0.177. The maximum absolute atomic E-state index is 8.63. The summed E-state index contributed by atoms with van der Waals surface area (Å²) in [4.78, 5) is 0. The third kappa shape index (κ3) is 3.59. The van der Waals surface area contributed by atoms with Crippen LogP contribution in [0.25, 0.3) is 5.41 Å². The average molecular weight is 235 g/mol. The van der Waals surface area contributed by atoms with Crippen molar-refractivity contribution in [3.8, 4) is 18.2 Å². The van der Waals surface area contributed by atoms with Gasteiger partial charge < -0.3 is 10.1 Å². The Kier molecular flexibility index (Phi) is 4.85. The van der Waals surface area contributed by atoms with Crippen LogP contribution in [0.3, 0.4) is 0 Å². The lowest BCUT2D eigenvalue weighted by Crippen LogP contribution is -2.08. The number of hydrogen-bond acceptors (Lipinski definition) is 4. The standard InChI is InChI=1S/C13H7N4O/c14-4-12(5-15)2-10-1-11(9-18-8-10)3-13(6-16)7-17/h1-3H,8-9H2/q-1/b10-2-. The van der Waals surface area contributed by atoms with Gasteiger partial charge in [-0.1, -0.05) is 6.08 Å². The minimum Gasteiger partial charge on any atom is -0.762 e. The summed E-state index contributed by atoms with van der Waals surface area (Å²) in [5, 5.41) is 34.5. The van der Waals surface area contributed by atoms with E-state index >= 15 is 0 Å². The molecule has 0 spiro atoms. The molecule has 0 aromatic carbocycles. The molecule has 0 fully saturated rings. The second kappa shape index (κ2) is 6.63. The molecule has 0 bridgehead atoms. The van der Waals surface area contributed by atoms with Crippen LogP contribution in [0.15, 0.2) is 40.5 Å². The van der Waals surface area contributed by atoms with E-state index < -0.39 is 0 Å². The first-order chi connectivity index (χ1) is 8.73. The zero-order valence-electron chi connectivity index (χ0n) is 9.34. The summed E-state index contributed by atoms with van der Waals surface area (Å²) in [7, 11) is 0. The fraction of sp³-hybridized carbons (Fsp3) is 0.154. The van der Waals surface area contributed by atoms with Gasteiger partial charge in [0.1, 0.15) is 23.8 Å². The molecule has 0 saturated heterocycles. The van der Waals surface area contributed by atoms with Crippen LogP contribution in [0.2, 0.25) is 0 Å². The molecule has 1 aliphatic rings. The lowest BCUT2D eigenvalue weighted by atomic mass is 10.1. The maximum Gasteiger partial charge on any atom is 0.130 e. The van der Waals surface area contributed by atoms with Crippen molar-refractivity contribution < 1.29 is 4.74 Å². The Labute approximate surface area is 104 Å². The van der Waals surface area contributed by atoms with E-state index in [9.17, 15) is 0 Å². The van der Waals surface area contributed by atoms with E-state index in [1.54, 1.807) is 30.2 Å². The van der Waals surface area contributed by atoms with E-state index in [0.717, 1.165) is 0 Å². The van der Waals surface area contributed by atoms with Gasteiger partial charge in [0, 0.05) is 0 Å². The van der Waals surface area contributed by atoms with E-state index in [-0.39, 0.29) is 11.1 Å². The van der Waals surface area contributed by atoms with Crippen molar-refractivity contribution in [1.82, 2.24) is 0 Å². The normalized spacial score (nSPS) is 15.4. The average Bonchev–Trinajstić information content (AvgIpc) is 2.42. The second-order valence-corrected chi connectivity index (χ2v) is 3.35. The Bertz CT molecular complexity index is 595. The van der Waals surface area contributed by atoms with Crippen molar-refractivity contribution in [2.45, 2.75) is 0 Å². The molecule has 1 aliphatic heterocycles. The van der Waals surface area contributed by atoms with Gasteiger partial charge in [-0.05, 0) is 23.3 Å². The lowest BCUT2D eigenvalue weighted by Gasteiger charge is -2.13. The van der Waals surface area contributed by atoms with Gasteiger partial charge in [0.05, 0.1) is 18.8 Å². The van der Waals surface area contributed by atoms with Crippen LogP contribution in [-0.4, -0.2) is 19.1 Å². The van der Waals surface area contributed by atoms with Crippen molar-refractivity contribution in [2.75, 3.05) is 13.2 Å². The molecule has 0 atom stereocenters. The van der Waals surface area contributed by atoms with Crippen LogP contribution in [-0.2, 0) is 4.74 Å². The number of nitrogens with zero attached hydrogens (tertiary/aromatic N) is 4. The van der Waals surface area contributed by atoms with Crippen LogP contribution in [0.4, 0.5) is 0 Å². The van der Waals surface area contributed by atoms with Crippen LogP contribution in [0, 0.1) is 34.0 Å². The Morgan fingerprint density at radius 1 is 1.22 bits per heavy atom.